The molecule has 0 aromatic carbocycles. The lowest BCUT2D eigenvalue weighted by molar-refractivity contribution is -0.0679. The summed E-state index contributed by atoms with van der Waals surface area (Å²) < 4.78 is 5.78. The molecule has 0 unspecified atom stereocenters. The van der Waals surface area contributed by atoms with Crippen molar-refractivity contribution in [2.45, 2.75) is 39.4 Å². The number of aromatic nitrogens is 2. The first-order valence-electron chi connectivity index (χ1n) is 9.69. The van der Waals surface area contributed by atoms with Gasteiger partial charge < -0.3 is 10.5 Å². The van der Waals surface area contributed by atoms with Crippen LogP contribution in [0.3, 0.4) is 0 Å². The summed E-state index contributed by atoms with van der Waals surface area (Å²) in [5.41, 5.74) is 10.1. The second-order valence-corrected chi connectivity index (χ2v) is 7.79. The fraction of sp³-hybridized carbons (Fsp3) is 0.476. The number of ether oxygens (including phenoxy) is 1. The SMILES string of the molecule is CC(N)=C(C=NCCCN1C[C@@H](C)O[C@@H](C)C1)c1cnc2ccc(Cl)nc2c1. The molecule has 2 atom stereocenters. The maximum Gasteiger partial charge on any atom is 0.129 e. The van der Waals surface area contributed by atoms with Crippen LogP contribution < -0.4 is 5.73 Å². The van der Waals surface area contributed by atoms with E-state index in [4.69, 9.17) is 22.1 Å². The number of rotatable bonds is 6. The maximum atomic E-state index is 6.10. The van der Waals surface area contributed by atoms with E-state index in [2.05, 4.69) is 33.7 Å². The predicted octanol–water partition coefficient (Wildman–Crippen LogP) is 3.54. The lowest BCUT2D eigenvalue weighted by Gasteiger charge is -2.35. The predicted molar refractivity (Wildman–Crippen MR) is 116 cm³/mol. The number of hydrogen-bond acceptors (Lipinski definition) is 6. The summed E-state index contributed by atoms with van der Waals surface area (Å²) in [5.74, 6) is 0. The number of aliphatic imine (C=N–C) groups is 1. The van der Waals surface area contributed by atoms with E-state index in [1.54, 1.807) is 12.3 Å². The molecular formula is C21H28ClN5O. The Morgan fingerprint density at radius 3 is 2.79 bits per heavy atom. The zero-order valence-electron chi connectivity index (χ0n) is 16.7. The van der Waals surface area contributed by atoms with Crippen molar-refractivity contribution in [1.29, 1.82) is 0 Å². The Hall–Kier alpha value is -2.02. The summed E-state index contributed by atoms with van der Waals surface area (Å²) in [5, 5.41) is 0.446. The van der Waals surface area contributed by atoms with Gasteiger partial charge >= 0.3 is 0 Å². The van der Waals surface area contributed by atoms with E-state index in [-0.39, 0.29) is 0 Å². The number of pyridine rings is 2. The van der Waals surface area contributed by atoms with E-state index in [1.807, 2.05) is 25.3 Å². The van der Waals surface area contributed by atoms with E-state index < -0.39 is 0 Å². The van der Waals surface area contributed by atoms with Gasteiger partial charge in [-0.15, -0.1) is 0 Å². The van der Waals surface area contributed by atoms with E-state index in [0.29, 0.717) is 23.1 Å². The Balaban J connectivity index is 1.61. The van der Waals surface area contributed by atoms with E-state index in [9.17, 15) is 0 Å². The molecule has 1 saturated heterocycles. The summed E-state index contributed by atoms with van der Waals surface area (Å²) in [6.07, 6.45) is 5.23. The fourth-order valence-corrected chi connectivity index (χ4v) is 3.70. The molecule has 0 aliphatic carbocycles. The minimum absolute atomic E-state index is 0.296. The highest BCUT2D eigenvalue weighted by Crippen LogP contribution is 2.20. The maximum absolute atomic E-state index is 6.10. The van der Waals surface area contributed by atoms with Gasteiger partial charge in [-0.2, -0.15) is 0 Å². The number of nitrogens with zero attached hydrogens (tertiary/aromatic N) is 4. The Bertz CT molecular complexity index is 868. The van der Waals surface area contributed by atoms with Gasteiger partial charge in [0.25, 0.3) is 0 Å². The van der Waals surface area contributed by atoms with Gasteiger partial charge in [0.1, 0.15) is 5.15 Å². The van der Waals surface area contributed by atoms with Gasteiger partial charge in [-0.05, 0) is 45.4 Å². The summed E-state index contributed by atoms with van der Waals surface area (Å²) in [6.45, 7) is 9.87. The first kappa shape index (κ1) is 20.7. The molecule has 3 rings (SSSR count). The third kappa shape index (κ3) is 5.50. The topological polar surface area (TPSA) is 76.6 Å². The molecule has 1 aliphatic rings. The van der Waals surface area contributed by atoms with Crippen LogP contribution in [-0.2, 0) is 4.74 Å². The Kier molecular flexibility index (Phi) is 6.99. The van der Waals surface area contributed by atoms with Crippen LogP contribution in [0.15, 0.2) is 35.1 Å². The molecule has 1 fully saturated rings. The van der Waals surface area contributed by atoms with Crippen LogP contribution in [0.4, 0.5) is 0 Å². The van der Waals surface area contributed by atoms with Crippen LogP contribution in [-0.4, -0.2) is 59.5 Å². The Morgan fingerprint density at radius 2 is 2.07 bits per heavy atom. The van der Waals surface area contributed by atoms with Crippen molar-refractivity contribution in [3.05, 3.63) is 40.8 Å². The average Bonchev–Trinajstić information content (AvgIpc) is 2.63. The van der Waals surface area contributed by atoms with Crippen LogP contribution in [0.2, 0.25) is 5.15 Å². The molecule has 7 heteroatoms. The molecule has 2 aromatic rings. The van der Waals surface area contributed by atoms with Crippen LogP contribution >= 0.6 is 11.6 Å². The van der Waals surface area contributed by atoms with Gasteiger partial charge in [-0.1, -0.05) is 11.6 Å². The van der Waals surface area contributed by atoms with Crippen LogP contribution in [0.5, 0.6) is 0 Å². The lowest BCUT2D eigenvalue weighted by Crippen LogP contribution is -2.45. The standard InChI is InChI=1S/C21H28ClN5O/c1-14-12-27(13-15(2)28-14)8-4-7-24-11-18(16(3)23)17-9-20-19(25-10-17)5-6-21(22)26-20/h5-6,9-11,14-15H,4,7-8,12-13,23H2,1-3H3/t14-,15+. The molecule has 6 nitrogen and oxygen atoms in total. The highest BCUT2D eigenvalue weighted by Gasteiger charge is 2.21. The minimum atomic E-state index is 0.296. The largest absolute Gasteiger partial charge is 0.402 e. The van der Waals surface area contributed by atoms with Crippen molar-refractivity contribution in [3.8, 4) is 0 Å². The van der Waals surface area contributed by atoms with Crippen LogP contribution in [0.25, 0.3) is 16.6 Å². The molecule has 0 spiro atoms. The monoisotopic (exact) mass is 401 g/mol. The third-order valence-electron chi connectivity index (χ3n) is 4.72. The molecule has 28 heavy (non-hydrogen) atoms. The number of halogens is 1. The Labute approximate surface area is 171 Å². The van der Waals surface area contributed by atoms with Gasteiger partial charge in [-0.25, -0.2) is 4.98 Å². The first-order valence-corrected chi connectivity index (χ1v) is 10.1. The number of fused-ring (bicyclic) bond motifs is 1. The molecule has 0 amide bonds. The third-order valence-corrected chi connectivity index (χ3v) is 4.93. The second kappa shape index (κ2) is 9.45. The van der Waals surface area contributed by atoms with Crippen molar-refractivity contribution in [1.82, 2.24) is 14.9 Å². The van der Waals surface area contributed by atoms with Crippen molar-refractivity contribution in [2.24, 2.45) is 10.7 Å². The molecule has 0 radical (unpaired) electrons. The summed E-state index contributed by atoms with van der Waals surface area (Å²) in [6, 6.07) is 5.54. The van der Waals surface area contributed by atoms with E-state index in [1.165, 1.54) is 0 Å². The van der Waals surface area contributed by atoms with Gasteiger partial charge in [0.15, 0.2) is 0 Å². The minimum Gasteiger partial charge on any atom is -0.402 e. The number of hydrogen-bond donors (Lipinski definition) is 1. The smallest absolute Gasteiger partial charge is 0.129 e. The molecule has 2 aromatic heterocycles. The summed E-state index contributed by atoms with van der Waals surface area (Å²) in [7, 11) is 0. The zero-order chi connectivity index (χ0) is 20.1. The van der Waals surface area contributed by atoms with Crippen LogP contribution in [0, 0.1) is 0 Å². The van der Waals surface area contributed by atoms with E-state index in [0.717, 1.165) is 54.8 Å². The number of nitrogens with two attached hydrogens (primary N) is 1. The zero-order valence-corrected chi connectivity index (χ0v) is 17.5. The molecule has 0 bridgehead atoms. The lowest BCUT2D eigenvalue weighted by atomic mass is 10.1. The molecular weight excluding hydrogens is 374 g/mol. The van der Waals surface area contributed by atoms with Crippen molar-refractivity contribution in [2.75, 3.05) is 26.2 Å². The molecule has 3 heterocycles. The fourth-order valence-electron chi connectivity index (χ4n) is 3.54. The van der Waals surface area contributed by atoms with Gasteiger partial charge in [-0.3, -0.25) is 14.9 Å². The molecule has 0 saturated carbocycles. The number of allylic oxidation sites excluding steroid dienone is 2. The van der Waals surface area contributed by atoms with Crippen LogP contribution in [0.1, 0.15) is 32.8 Å². The highest BCUT2D eigenvalue weighted by molar-refractivity contribution is 6.29. The van der Waals surface area contributed by atoms with Gasteiger partial charge in [0, 0.05) is 55.4 Å². The molecule has 1 aliphatic heterocycles. The van der Waals surface area contributed by atoms with Crippen molar-refractivity contribution in [3.63, 3.8) is 0 Å². The summed E-state index contributed by atoms with van der Waals surface area (Å²) in [4.78, 5) is 15.8. The molecule has 2 N–H and O–H groups in total. The molecule has 150 valence electrons. The highest BCUT2D eigenvalue weighted by atomic mass is 35.5. The van der Waals surface area contributed by atoms with Gasteiger partial charge in [0.05, 0.1) is 23.2 Å². The van der Waals surface area contributed by atoms with E-state index >= 15 is 0 Å². The quantitative estimate of drug-likeness (QED) is 0.455. The first-order chi connectivity index (χ1) is 13.4. The van der Waals surface area contributed by atoms with Gasteiger partial charge in [0.2, 0.25) is 0 Å². The Morgan fingerprint density at radius 1 is 1.32 bits per heavy atom. The number of morpholine rings is 1. The summed E-state index contributed by atoms with van der Waals surface area (Å²) >= 11 is 6.00. The van der Waals surface area contributed by atoms with Crippen molar-refractivity contribution >= 4 is 34.4 Å². The van der Waals surface area contributed by atoms with Crippen molar-refractivity contribution < 1.29 is 4.74 Å². The second-order valence-electron chi connectivity index (χ2n) is 7.40. The average molecular weight is 402 g/mol. The normalized spacial score (nSPS) is 22.0.